The van der Waals surface area contributed by atoms with E-state index in [1.54, 1.807) is 0 Å². The third kappa shape index (κ3) is 1.34. The van der Waals surface area contributed by atoms with Crippen LogP contribution in [0.3, 0.4) is 0 Å². The van der Waals surface area contributed by atoms with Crippen LogP contribution in [-0.4, -0.2) is 50.1 Å². The van der Waals surface area contributed by atoms with E-state index in [9.17, 15) is 14.1 Å². The molecule has 0 bridgehead atoms. The fourth-order valence-corrected chi connectivity index (χ4v) is 3.89. The van der Waals surface area contributed by atoms with Crippen molar-refractivity contribution in [2.24, 2.45) is 11.1 Å². The zero-order valence-electron chi connectivity index (χ0n) is 8.17. The van der Waals surface area contributed by atoms with Crippen molar-refractivity contribution in [1.82, 2.24) is 4.90 Å². The van der Waals surface area contributed by atoms with E-state index in [4.69, 9.17) is 10.8 Å². The van der Waals surface area contributed by atoms with Crippen molar-refractivity contribution in [3.8, 4) is 0 Å². The van der Waals surface area contributed by atoms with Gasteiger partial charge in [0.05, 0.1) is 0 Å². The SMILES string of the molecule is CC1(C(=O)O)CN2C(=O)C(N)[C@H]2[S+]([O-])C1. The van der Waals surface area contributed by atoms with Crippen LogP contribution < -0.4 is 5.73 Å². The average molecular weight is 232 g/mol. The lowest BCUT2D eigenvalue weighted by Gasteiger charge is -2.51. The minimum Gasteiger partial charge on any atom is -0.615 e. The highest BCUT2D eigenvalue weighted by molar-refractivity contribution is 7.92. The van der Waals surface area contributed by atoms with E-state index in [0.29, 0.717) is 0 Å². The summed E-state index contributed by atoms with van der Waals surface area (Å²) in [6.07, 6.45) is 0. The second-order valence-electron chi connectivity index (χ2n) is 4.27. The van der Waals surface area contributed by atoms with Gasteiger partial charge in [0, 0.05) is 6.54 Å². The van der Waals surface area contributed by atoms with Crippen molar-refractivity contribution in [3.63, 3.8) is 0 Å². The van der Waals surface area contributed by atoms with E-state index >= 15 is 0 Å². The highest BCUT2D eigenvalue weighted by Gasteiger charge is 2.61. The van der Waals surface area contributed by atoms with E-state index in [1.807, 2.05) is 0 Å². The van der Waals surface area contributed by atoms with Crippen LogP contribution >= 0.6 is 0 Å². The first-order chi connectivity index (χ1) is 6.87. The Morgan fingerprint density at radius 3 is 2.93 bits per heavy atom. The topological polar surface area (TPSA) is 107 Å². The Bertz CT molecular complexity index is 337. The van der Waals surface area contributed by atoms with Gasteiger partial charge >= 0.3 is 5.97 Å². The van der Waals surface area contributed by atoms with E-state index in [1.165, 1.54) is 11.8 Å². The third-order valence-corrected chi connectivity index (χ3v) is 4.96. The summed E-state index contributed by atoms with van der Waals surface area (Å²) in [4.78, 5) is 23.6. The molecule has 0 spiro atoms. The van der Waals surface area contributed by atoms with Crippen LogP contribution in [0.2, 0.25) is 0 Å². The van der Waals surface area contributed by atoms with Gasteiger partial charge in [-0.1, -0.05) is 0 Å². The summed E-state index contributed by atoms with van der Waals surface area (Å²) >= 11 is -1.37. The Morgan fingerprint density at radius 2 is 2.40 bits per heavy atom. The Hall–Kier alpha value is -0.790. The molecule has 0 aromatic carbocycles. The molecular formula is C8H12N2O4S. The van der Waals surface area contributed by atoms with Crippen molar-refractivity contribution >= 4 is 23.1 Å². The van der Waals surface area contributed by atoms with Gasteiger partial charge in [0.25, 0.3) is 5.91 Å². The molecule has 2 heterocycles. The molecule has 0 aliphatic carbocycles. The first kappa shape index (κ1) is 10.7. The number of hydrogen-bond acceptors (Lipinski definition) is 4. The van der Waals surface area contributed by atoms with Crippen LogP contribution in [-0.2, 0) is 20.8 Å². The zero-order valence-corrected chi connectivity index (χ0v) is 8.99. The highest BCUT2D eigenvalue weighted by atomic mass is 32.2. The van der Waals surface area contributed by atoms with Crippen LogP contribution in [0.15, 0.2) is 0 Å². The number of β-lactam (4-membered cyclic amide) rings is 1. The number of carboxylic acid groups (broad SMARTS) is 1. The molecular weight excluding hydrogens is 220 g/mol. The van der Waals surface area contributed by atoms with Gasteiger partial charge in [-0.15, -0.1) is 0 Å². The molecule has 3 N–H and O–H groups in total. The second kappa shape index (κ2) is 3.10. The normalized spacial score (nSPS) is 44.6. The third-order valence-electron chi connectivity index (χ3n) is 2.95. The summed E-state index contributed by atoms with van der Waals surface area (Å²) < 4.78 is 11.7. The summed E-state index contributed by atoms with van der Waals surface area (Å²) in [5, 5.41) is 8.51. The molecule has 2 aliphatic heterocycles. The molecule has 15 heavy (non-hydrogen) atoms. The molecule has 4 atom stereocenters. The minimum absolute atomic E-state index is 0.0600. The van der Waals surface area contributed by atoms with Crippen LogP contribution in [0, 0.1) is 5.41 Å². The molecule has 7 heteroatoms. The maximum atomic E-state index is 11.7. The highest BCUT2D eigenvalue weighted by Crippen LogP contribution is 2.37. The van der Waals surface area contributed by atoms with Crippen molar-refractivity contribution in [2.75, 3.05) is 12.3 Å². The van der Waals surface area contributed by atoms with Crippen LogP contribution in [0.5, 0.6) is 0 Å². The minimum atomic E-state index is -1.37. The van der Waals surface area contributed by atoms with E-state index in [2.05, 4.69) is 0 Å². The summed E-state index contributed by atoms with van der Waals surface area (Å²) in [5.74, 6) is -1.27. The van der Waals surface area contributed by atoms with E-state index in [0.717, 1.165) is 0 Å². The Labute approximate surface area is 89.6 Å². The molecule has 0 aromatic heterocycles. The number of nitrogens with two attached hydrogens (primary N) is 1. The van der Waals surface area contributed by atoms with Gasteiger partial charge in [0.2, 0.25) is 5.37 Å². The predicted molar refractivity (Wildman–Crippen MR) is 52.2 cm³/mol. The number of carbonyl (C=O) groups is 2. The van der Waals surface area contributed by atoms with Gasteiger partial charge in [0.15, 0.2) is 6.04 Å². The molecule has 2 saturated heterocycles. The zero-order chi connectivity index (χ0) is 11.4. The number of fused-ring (bicyclic) bond motifs is 1. The van der Waals surface area contributed by atoms with Crippen LogP contribution in [0.1, 0.15) is 6.92 Å². The van der Waals surface area contributed by atoms with Gasteiger partial charge in [0.1, 0.15) is 11.2 Å². The number of carbonyl (C=O) groups excluding carboxylic acids is 1. The van der Waals surface area contributed by atoms with E-state index in [-0.39, 0.29) is 18.2 Å². The Morgan fingerprint density at radius 1 is 1.80 bits per heavy atom. The predicted octanol–water partition coefficient (Wildman–Crippen LogP) is -1.66. The van der Waals surface area contributed by atoms with Crippen LogP contribution in [0.25, 0.3) is 0 Å². The van der Waals surface area contributed by atoms with Gasteiger partial charge in [-0.25, -0.2) is 0 Å². The number of rotatable bonds is 1. The molecule has 2 aliphatic rings. The summed E-state index contributed by atoms with van der Waals surface area (Å²) in [6, 6.07) is -0.718. The van der Waals surface area contributed by atoms with E-state index < -0.39 is 34.0 Å². The Balaban J connectivity index is 2.21. The van der Waals surface area contributed by atoms with Crippen molar-refractivity contribution in [2.45, 2.75) is 18.3 Å². The lowest BCUT2D eigenvalue weighted by atomic mass is 9.90. The molecule has 0 saturated carbocycles. The van der Waals surface area contributed by atoms with Crippen molar-refractivity contribution in [1.29, 1.82) is 0 Å². The average Bonchev–Trinajstić information content (AvgIpc) is 2.15. The van der Waals surface area contributed by atoms with Crippen molar-refractivity contribution in [3.05, 3.63) is 0 Å². The fourth-order valence-electron chi connectivity index (χ4n) is 1.97. The summed E-state index contributed by atoms with van der Waals surface area (Å²) in [7, 11) is 0. The molecule has 1 amide bonds. The molecule has 0 aromatic rings. The lowest BCUT2D eigenvalue weighted by Crippen LogP contribution is -2.76. The molecule has 3 unspecified atom stereocenters. The number of hydrogen-bond donors (Lipinski definition) is 2. The maximum absolute atomic E-state index is 11.7. The standard InChI is InChI=1S/C8H12N2O4S/c1-8(7(12)13)2-10-5(11)4(9)6(10)15(14)3-8/h4,6H,2-3,9H2,1H3,(H,12,13)/t4?,6-,8?,15?/m1/s1. The summed E-state index contributed by atoms with van der Waals surface area (Å²) in [5.41, 5.74) is 4.39. The van der Waals surface area contributed by atoms with Crippen LogP contribution in [0.4, 0.5) is 0 Å². The monoisotopic (exact) mass is 232 g/mol. The van der Waals surface area contributed by atoms with Gasteiger partial charge < -0.3 is 15.4 Å². The smallest absolute Gasteiger partial charge is 0.315 e. The first-order valence-corrected chi connectivity index (χ1v) is 5.92. The number of nitrogens with zero attached hydrogens (tertiary/aromatic N) is 1. The fraction of sp³-hybridized carbons (Fsp3) is 0.750. The van der Waals surface area contributed by atoms with Gasteiger partial charge in [-0.3, -0.25) is 14.5 Å². The largest absolute Gasteiger partial charge is 0.615 e. The molecule has 0 radical (unpaired) electrons. The van der Waals surface area contributed by atoms with Crippen molar-refractivity contribution < 1.29 is 19.2 Å². The number of amides is 1. The lowest BCUT2D eigenvalue weighted by molar-refractivity contribution is -0.156. The molecule has 2 fully saturated rings. The maximum Gasteiger partial charge on any atom is 0.315 e. The number of aliphatic carboxylic acids is 1. The molecule has 6 nitrogen and oxygen atoms in total. The second-order valence-corrected chi connectivity index (χ2v) is 5.81. The quantitative estimate of drug-likeness (QED) is 0.415. The van der Waals surface area contributed by atoms with Gasteiger partial charge in [-0.2, -0.15) is 0 Å². The number of carboxylic acids is 1. The molecule has 84 valence electrons. The molecule has 2 rings (SSSR count). The Kier molecular flexibility index (Phi) is 2.21. The van der Waals surface area contributed by atoms with Gasteiger partial charge in [-0.05, 0) is 18.1 Å². The summed E-state index contributed by atoms with van der Waals surface area (Å²) in [6.45, 7) is 1.60. The first-order valence-electron chi connectivity index (χ1n) is 4.53.